The molecule has 0 saturated carbocycles. The molecule has 0 bridgehead atoms. The molecule has 2 unspecified atom stereocenters. The molecule has 6 nitrogen and oxygen atoms in total. The number of hydrogen-bond acceptors (Lipinski definition) is 3. The molecule has 0 aromatic heterocycles. The topological polar surface area (TPSA) is 87.7 Å². The molecule has 6 heteroatoms. The van der Waals surface area contributed by atoms with Gasteiger partial charge in [-0.15, -0.1) is 0 Å². The number of nitrogens with one attached hydrogen (secondary N) is 2. The third-order valence-electron chi connectivity index (χ3n) is 2.20. The highest BCUT2D eigenvalue weighted by Crippen LogP contribution is 2.00. The summed E-state index contributed by atoms with van der Waals surface area (Å²) in [5.41, 5.74) is 0. The maximum atomic E-state index is 11.4. The summed E-state index contributed by atoms with van der Waals surface area (Å²) in [4.78, 5) is 21.7. The summed E-state index contributed by atoms with van der Waals surface area (Å²) in [6.07, 6.45) is 1.34. The van der Waals surface area contributed by atoms with Gasteiger partial charge < -0.3 is 20.5 Å². The quantitative estimate of drug-likeness (QED) is 0.595. The summed E-state index contributed by atoms with van der Waals surface area (Å²) in [5, 5.41) is 13.9. The predicted molar refractivity (Wildman–Crippen MR) is 64.0 cm³/mol. The van der Waals surface area contributed by atoms with Crippen molar-refractivity contribution in [3.63, 3.8) is 0 Å². The molecule has 0 aliphatic rings. The van der Waals surface area contributed by atoms with Crippen molar-refractivity contribution in [3.8, 4) is 0 Å². The Balaban J connectivity index is 3.68. The van der Waals surface area contributed by atoms with E-state index in [4.69, 9.17) is 9.84 Å². The molecule has 0 aromatic rings. The van der Waals surface area contributed by atoms with Crippen molar-refractivity contribution >= 4 is 12.0 Å². The predicted octanol–water partition coefficient (Wildman–Crippen LogP) is 0.964. The maximum absolute atomic E-state index is 11.4. The summed E-state index contributed by atoms with van der Waals surface area (Å²) in [7, 11) is 1.57. The van der Waals surface area contributed by atoms with Crippen LogP contribution in [0, 0.1) is 0 Å². The van der Waals surface area contributed by atoms with E-state index < -0.39 is 5.97 Å². The van der Waals surface area contributed by atoms with Crippen LogP contribution in [0.4, 0.5) is 4.79 Å². The molecule has 2 amide bonds. The first kappa shape index (κ1) is 15.7. The second-order valence-corrected chi connectivity index (χ2v) is 4.16. The van der Waals surface area contributed by atoms with E-state index in [9.17, 15) is 9.59 Å². The SMILES string of the molecule is COCC(C)NC(=O)NC(C)CCCC(=O)O. The number of hydrogen-bond donors (Lipinski definition) is 3. The summed E-state index contributed by atoms with van der Waals surface area (Å²) in [5.74, 6) is -0.810. The van der Waals surface area contributed by atoms with Crippen LogP contribution in [0.5, 0.6) is 0 Å². The van der Waals surface area contributed by atoms with Crippen LogP contribution in [0.25, 0.3) is 0 Å². The Kier molecular flexibility index (Phi) is 8.13. The largest absolute Gasteiger partial charge is 0.481 e. The number of carbonyl (C=O) groups excluding carboxylic acids is 1. The highest BCUT2D eigenvalue weighted by atomic mass is 16.5. The number of carboxylic acid groups (broad SMARTS) is 1. The first-order valence-corrected chi connectivity index (χ1v) is 5.73. The fourth-order valence-electron chi connectivity index (χ4n) is 1.41. The Labute approximate surface area is 102 Å². The molecule has 0 aromatic carbocycles. The molecule has 100 valence electrons. The average molecular weight is 246 g/mol. The lowest BCUT2D eigenvalue weighted by Gasteiger charge is -2.17. The molecule has 0 aliphatic heterocycles. The van der Waals surface area contributed by atoms with Gasteiger partial charge in [-0.3, -0.25) is 4.79 Å². The van der Waals surface area contributed by atoms with Crippen LogP contribution in [0.1, 0.15) is 33.1 Å². The van der Waals surface area contributed by atoms with Gasteiger partial charge in [0.05, 0.1) is 12.6 Å². The first-order chi connectivity index (χ1) is 7.95. The van der Waals surface area contributed by atoms with Crippen LogP contribution in [0.3, 0.4) is 0 Å². The number of aliphatic carboxylic acids is 1. The molecule has 0 saturated heterocycles. The van der Waals surface area contributed by atoms with E-state index in [1.165, 1.54) is 0 Å². The standard InChI is InChI=1S/C11H22N2O4/c1-8(5-4-6-10(14)15)12-11(16)13-9(2)7-17-3/h8-9H,4-7H2,1-3H3,(H,14,15)(H2,12,13,16). The minimum atomic E-state index is -0.810. The van der Waals surface area contributed by atoms with Gasteiger partial charge in [0.15, 0.2) is 0 Å². The Morgan fingerprint density at radius 2 is 1.82 bits per heavy atom. The van der Waals surface area contributed by atoms with E-state index in [1.54, 1.807) is 7.11 Å². The van der Waals surface area contributed by atoms with Crippen molar-refractivity contribution in [2.75, 3.05) is 13.7 Å². The first-order valence-electron chi connectivity index (χ1n) is 5.73. The lowest BCUT2D eigenvalue weighted by molar-refractivity contribution is -0.137. The van der Waals surface area contributed by atoms with E-state index in [0.717, 1.165) is 0 Å². The van der Waals surface area contributed by atoms with E-state index in [-0.39, 0.29) is 24.5 Å². The van der Waals surface area contributed by atoms with Gasteiger partial charge in [0.25, 0.3) is 0 Å². The fraction of sp³-hybridized carbons (Fsp3) is 0.818. The molecule has 0 rings (SSSR count). The molecule has 0 heterocycles. The summed E-state index contributed by atoms with van der Waals surface area (Å²) in [6, 6.07) is -0.340. The van der Waals surface area contributed by atoms with Crippen LogP contribution in [-0.4, -0.2) is 42.9 Å². The third kappa shape index (κ3) is 9.62. The van der Waals surface area contributed by atoms with Gasteiger partial charge in [-0.2, -0.15) is 0 Å². The molecule has 0 fully saturated rings. The zero-order chi connectivity index (χ0) is 13.3. The number of carbonyl (C=O) groups is 2. The van der Waals surface area contributed by atoms with E-state index >= 15 is 0 Å². The Bertz CT molecular complexity index is 246. The van der Waals surface area contributed by atoms with E-state index in [1.807, 2.05) is 13.8 Å². The van der Waals surface area contributed by atoms with Crippen LogP contribution in [0.2, 0.25) is 0 Å². The summed E-state index contributed by atoms with van der Waals surface area (Å²) in [6.45, 7) is 4.15. The van der Waals surface area contributed by atoms with Gasteiger partial charge in [0.1, 0.15) is 0 Å². The monoisotopic (exact) mass is 246 g/mol. The van der Waals surface area contributed by atoms with E-state index in [0.29, 0.717) is 19.4 Å². The fourth-order valence-corrected chi connectivity index (χ4v) is 1.41. The number of carboxylic acids is 1. The van der Waals surface area contributed by atoms with Crippen molar-refractivity contribution in [2.45, 2.75) is 45.2 Å². The normalized spacial score (nSPS) is 13.8. The molecule has 3 N–H and O–H groups in total. The number of amides is 2. The van der Waals surface area contributed by atoms with Gasteiger partial charge >= 0.3 is 12.0 Å². The number of rotatable bonds is 8. The molecule has 0 aliphatic carbocycles. The van der Waals surface area contributed by atoms with Crippen molar-refractivity contribution in [3.05, 3.63) is 0 Å². The second kappa shape index (κ2) is 8.81. The maximum Gasteiger partial charge on any atom is 0.315 e. The van der Waals surface area contributed by atoms with Crippen LogP contribution in [0.15, 0.2) is 0 Å². The smallest absolute Gasteiger partial charge is 0.315 e. The van der Waals surface area contributed by atoms with Gasteiger partial charge in [0, 0.05) is 19.6 Å². The Morgan fingerprint density at radius 1 is 1.24 bits per heavy atom. The lowest BCUT2D eigenvalue weighted by atomic mass is 10.1. The number of ether oxygens (including phenoxy) is 1. The van der Waals surface area contributed by atoms with E-state index in [2.05, 4.69) is 10.6 Å². The van der Waals surface area contributed by atoms with Gasteiger partial charge in [-0.1, -0.05) is 0 Å². The number of urea groups is 1. The highest BCUT2D eigenvalue weighted by molar-refractivity contribution is 5.74. The molecule has 2 atom stereocenters. The van der Waals surface area contributed by atoms with Gasteiger partial charge in [0.2, 0.25) is 0 Å². The molecule has 0 spiro atoms. The Morgan fingerprint density at radius 3 is 2.35 bits per heavy atom. The highest BCUT2D eigenvalue weighted by Gasteiger charge is 2.10. The van der Waals surface area contributed by atoms with Crippen molar-refractivity contribution in [1.29, 1.82) is 0 Å². The Hall–Kier alpha value is -1.30. The third-order valence-corrected chi connectivity index (χ3v) is 2.20. The average Bonchev–Trinajstić information content (AvgIpc) is 2.16. The van der Waals surface area contributed by atoms with Gasteiger partial charge in [-0.05, 0) is 26.7 Å². The van der Waals surface area contributed by atoms with Crippen LogP contribution in [-0.2, 0) is 9.53 Å². The summed E-state index contributed by atoms with van der Waals surface area (Å²) < 4.78 is 4.89. The zero-order valence-corrected chi connectivity index (χ0v) is 10.7. The van der Waals surface area contributed by atoms with Crippen molar-refractivity contribution in [2.24, 2.45) is 0 Å². The molecular weight excluding hydrogens is 224 g/mol. The minimum absolute atomic E-state index is 0.0379. The van der Waals surface area contributed by atoms with Crippen LogP contribution < -0.4 is 10.6 Å². The number of methoxy groups -OCH3 is 1. The molecule has 17 heavy (non-hydrogen) atoms. The molecular formula is C11H22N2O4. The zero-order valence-electron chi connectivity index (χ0n) is 10.7. The minimum Gasteiger partial charge on any atom is -0.481 e. The van der Waals surface area contributed by atoms with Gasteiger partial charge in [-0.25, -0.2) is 4.79 Å². The second-order valence-electron chi connectivity index (χ2n) is 4.16. The summed E-state index contributed by atoms with van der Waals surface area (Å²) >= 11 is 0. The lowest BCUT2D eigenvalue weighted by Crippen LogP contribution is -2.45. The van der Waals surface area contributed by atoms with Crippen LogP contribution >= 0.6 is 0 Å². The molecule has 0 radical (unpaired) electrons. The van der Waals surface area contributed by atoms with Crippen molar-refractivity contribution in [1.82, 2.24) is 10.6 Å². The van der Waals surface area contributed by atoms with Crippen molar-refractivity contribution < 1.29 is 19.4 Å².